The SMILES string of the molecule is OC(CNCCCN1CCCC1)COc1ccccc1. The standard InChI is InChI=1S/C16H26N2O2/c19-15(14-20-16-7-2-1-3-8-16)13-17-9-6-12-18-10-4-5-11-18/h1-3,7-8,15,17,19H,4-6,9-14H2. The molecule has 20 heavy (non-hydrogen) atoms. The molecule has 1 aromatic carbocycles. The van der Waals surface area contributed by atoms with Crippen molar-refractivity contribution < 1.29 is 9.84 Å². The summed E-state index contributed by atoms with van der Waals surface area (Å²) >= 11 is 0. The molecule has 1 aromatic rings. The highest BCUT2D eigenvalue weighted by molar-refractivity contribution is 5.20. The van der Waals surface area contributed by atoms with E-state index < -0.39 is 6.10 Å². The molecule has 4 nitrogen and oxygen atoms in total. The van der Waals surface area contributed by atoms with E-state index in [2.05, 4.69) is 10.2 Å². The highest BCUT2D eigenvalue weighted by Gasteiger charge is 2.10. The van der Waals surface area contributed by atoms with Gasteiger partial charge in [0.1, 0.15) is 18.5 Å². The third kappa shape index (κ3) is 5.90. The number of para-hydroxylation sites is 1. The number of aliphatic hydroxyl groups is 1. The number of ether oxygens (including phenoxy) is 1. The van der Waals surface area contributed by atoms with Crippen LogP contribution in [-0.4, -0.2) is 55.4 Å². The molecule has 1 aliphatic heterocycles. The Kier molecular flexibility index (Phi) is 6.84. The van der Waals surface area contributed by atoms with Gasteiger partial charge in [-0.2, -0.15) is 0 Å². The van der Waals surface area contributed by atoms with Crippen molar-refractivity contribution in [1.29, 1.82) is 0 Å². The second-order valence-electron chi connectivity index (χ2n) is 5.38. The van der Waals surface area contributed by atoms with Gasteiger partial charge in [-0.3, -0.25) is 0 Å². The van der Waals surface area contributed by atoms with Crippen LogP contribution in [0.5, 0.6) is 5.75 Å². The van der Waals surface area contributed by atoms with Crippen LogP contribution < -0.4 is 10.1 Å². The summed E-state index contributed by atoms with van der Waals surface area (Å²) in [5, 5.41) is 13.1. The molecular formula is C16H26N2O2. The lowest BCUT2D eigenvalue weighted by Gasteiger charge is -2.16. The molecule has 0 spiro atoms. The number of nitrogens with zero attached hydrogens (tertiary/aromatic N) is 1. The van der Waals surface area contributed by atoms with E-state index in [1.165, 1.54) is 32.5 Å². The lowest BCUT2D eigenvalue weighted by molar-refractivity contribution is 0.106. The fraction of sp³-hybridized carbons (Fsp3) is 0.625. The van der Waals surface area contributed by atoms with E-state index in [0.29, 0.717) is 13.2 Å². The molecule has 0 aliphatic carbocycles. The summed E-state index contributed by atoms with van der Waals surface area (Å²) in [6.07, 6.45) is 3.39. The third-order valence-electron chi connectivity index (χ3n) is 3.59. The summed E-state index contributed by atoms with van der Waals surface area (Å²) in [5.41, 5.74) is 0. The Bertz CT molecular complexity index is 353. The van der Waals surface area contributed by atoms with Crippen molar-refractivity contribution in [3.8, 4) is 5.75 Å². The van der Waals surface area contributed by atoms with Crippen molar-refractivity contribution in [2.24, 2.45) is 0 Å². The van der Waals surface area contributed by atoms with Crippen LogP contribution in [0.3, 0.4) is 0 Å². The Morgan fingerprint density at radius 1 is 1.20 bits per heavy atom. The van der Waals surface area contributed by atoms with Gasteiger partial charge in [-0.15, -0.1) is 0 Å². The summed E-state index contributed by atoms with van der Waals surface area (Å²) in [6, 6.07) is 9.61. The number of hydrogen-bond acceptors (Lipinski definition) is 4. The molecule has 2 N–H and O–H groups in total. The fourth-order valence-corrected chi connectivity index (χ4v) is 2.47. The molecular weight excluding hydrogens is 252 g/mol. The molecule has 1 unspecified atom stereocenters. The summed E-state index contributed by atoms with van der Waals surface area (Å²) in [4.78, 5) is 2.51. The first kappa shape index (κ1) is 15.3. The number of hydrogen-bond donors (Lipinski definition) is 2. The van der Waals surface area contributed by atoms with E-state index in [1.807, 2.05) is 30.3 Å². The lowest BCUT2D eigenvalue weighted by Crippen LogP contribution is -2.33. The Balaban J connectivity index is 1.46. The summed E-state index contributed by atoms with van der Waals surface area (Å²) < 4.78 is 5.51. The van der Waals surface area contributed by atoms with Gasteiger partial charge in [-0.05, 0) is 57.6 Å². The van der Waals surface area contributed by atoms with E-state index in [9.17, 15) is 5.11 Å². The van der Waals surface area contributed by atoms with Crippen molar-refractivity contribution in [3.63, 3.8) is 0 Å². The van der Waals surface area contributed by atoms with Gasteiger partial charge in [0, 0.05) is 6.54 Å². The summed E-state index contributed by atoms with van der Waals surface area (Å²) in [6.45, 7) is 5.57. The van der Waals surface area contributed by atoms with Crippen LogP contribution in [-0.2, 0) is 0 Å². The van der Waals surface area contributed by atoms with Gasteiger partial charge in [0.05, 0.1) is 0 Å². The molecule has 0 aromatic heterocycles. The maximum absolute atomic E-state index is 9.82. The van der Waals surface area contributed by atoms with Crippen LogP contribution in [0.2, 0.25) is 0 Å². The highest BCUT2D eigenvalue weighted by atomic mass is 16.5. The van der Waals surface area contributed by atoms with Gasteiger partial charge in [0.15, 0.2) is 0 Å². The molecule has 1 saturated heterocycles. The van der Waals surface area contributed by atoms with Crippen LogP contribution in [0.25, 0.3) is 0 Å². The van der Waals surface area contributed by atoms with Gasteiger partial charge in [0.2, 0.25) is 0 Å². The van der Waals surface area contributed by atoms with Crippen LogP contribution >= 0.6 is 0 Å². The van der Waals surface area contributed by atoms with Gasteiger partial charge >= 0.3 is 0 Å². The molecule has 0 saturated carbocycles. The van der Waals surface area contributed by atoms with Gasteiger partial charge in [-0.25, -0.2) is 0 Å². The first-order chi connectivity index (χ1) is 9.84. The molecule has 0 bridgehead atoms. The fourth-order valence-electron chi connectivity index (χ4n) is 2.47. The Morgan fingerprint density at radius 2 is 1.95 bits per heavy atom. The number of aliphatic hydroxyl groups excluding tert-OH is 1. The second-order valence-corrected chi connectivity index (χ2v) is 5.38. The van der Waals surface area contributed by atoms with Crippen molar-refractivity contribution in [2.75, 3.05) is 39.3 Å². The normalized spacial score (nSPS) is 17.2. The average Bonchev–Trinajstić information content (AvgIpc) is 2.99. The summed E-state index contributed by atoms with van der Waals surface area (Å²) in [5.74, 6) is 0.806. The smallest absolute Gasteiger partial charge is 0.119 e. The number of likely N-dealkylation sites (tertiary alicyclic amines) is 1. The maximum atomic E-state index is 9.82. The van der Waals surface area contributed by atoms with Gasteiger partial charge in [0.25, 0.3) is 0 Å². The Morgan fingerprint density at radius 3 is 2.70 bits per heavy atom. The van der Waals surface area contributed by atoms with E-state index >= 15 is 0 Å². The topological polar surface area (TPSA) is 44.7 Å². The molecule has 4 heteroatoms. The molecule has 1 heterocycles. The van der Waals surface area contributed by atoms with Crippen molar-refractivity contribution in [2.45, 2.75) is 25.4 Å². The molecule has 1 aliphatic rings. The minimum Gasteiger partial charge on any atom is -0.491 e. The first-order valence-electron chi connectivity index (χ1n) is 7.63. The maximum Gasteiger partial charge on any atom is 0.119 e. The van der Waals surface area contributed by atoms with Crippen LogP contribution in [0.4, 0.5) is 0 Å². The minimum absolute atomic E-state index is 0.336. The van der Waals surface area contributed by atoms with E-state index in [0.717, 1.165) is 18.7 Å². The molecule has 112 valence electrons. The van der Waals surface area contributed by atoms with Gasteiger partial charge in [-0.1, -0.05) is 18.2 Å². The number of benzene rings is 1. The van der Waals surface area contributed by atoms with Gasteiger partial charge < -0.3 is 20.1 Å². The Hall–Kier alpha value is -1.10. The monoisotopic (exact) mass is 278 g/mol. The quantitative estimate of drug-likeness (QED) is 0.672. The molecule has 2 rings (SSSR count). The van der Waals surface area contributed by atoms with Crippen LogP contribution in [0.15, 0.2) is 30.3 Å². The zero-order chi connectivity index (χ0) is 14.0. The number of rotatable bonds is 9. The third-order valence-corrected chi connectivity index (χ3v) is 3.59. The molecule has 1 fully saturated rings. The molecule has 0 radical (unpaired) electrons. The van der Waals surface area contributed by atoms with E-state index in [-0.39, 0.29) is 0 Å². The number of nitrogens with one attached hydrogen (secondary N) is 1. The summed E-state index contributed by atoms with van der Waals surface area (Å²) in [7, 11) is 0. The largest absolute Gasteiger partial charge is 0.491 e. The average molecular weight is 278 g/mol. The first-order valence-corrected chi connectivity index (χ1v) is 7.63. The lowest BCUT2D eigenvalue weighted by atomic mass is 10.3. The molecule has 1 atom stereocenters. The predicted octanol–water partition coefficient (Wildman–Crippen LogP) is 1.50. The Labute approximate surface area is 121 Å². The van der Waals surface area contributed by atoms with Crippen LogP contribution in [0, 0.1) is 0 Å². The second kappa shape index (κ2) is 8.95. The van der Waals surface area contributed by atoms with Crippen LogP contribution in [0.1, 0.15) is 19.3 Å². The highest BCUT2D eigenvalue weighted by Crippen LogP contribution is 2.08. The van der Waals surface area contributed by atoms with E-state index in [1.54, 1.807) is 0 Å². The van der Waals surface area contributed by atoms with Crippen molar-refractivity contribution in [3.05, 3.63) is 30.3 Å². The zero-order valence-corrected chi connectivity index (χ0v) is 12.1. The van der Waals surface area contributed by atoms with Crippen molar-refractivity contribution in [1.82, 2.24) is 10.2 Å². The predicted molar refractivity (Wildman–Crippen MR) is 81.1 cm³/mol. The zero-order valence-electron chi connectivity index (χ0n) is 12.1. The van der Waals surface area contributed by atoms with Crippen molar-refractivity contribution >= 4 is 0 Å². The minimum atomic E-state index is -0.456. The van der Waals surface area contributed by atoms with E-state index in [4.69, 9.17) is 4.74 Å². The molecule has 0 amide bonds.